The molecular weight excluding hydrogens is 268 g/mol. The summed E-state index contributed by atoms with van der Waals surface area (Å²) in [4.78, 5) is 17.7. The molecule has 2 aromatic heterocycles. The van der Waals surface area contributed by atoms with E-state index < -0.39 is 0 Å². The Bertz CT molecular complexity index is 578. The number of hydrogen-bond acceptors (Lipinski definition) is 6. The predicted molar refractivity (Wildman–Crippen MR) is 71.7 cm³/mol. The van der Waals surface area contributed by atoms with Gasteiger partial charge in [0.2, 0.25) is 4.96 Å². The molecule has 0 radical (unpaired) electrons. The lowest BCUT2D eigenvalue weighted by molar-refractivity contribution is -0.121. The number of aromatic nitrogens is 3. The molecule has 2 rings (SSSR count). The van der Waals surface area contributed by atoms with Gasteiger partial charge in [-0.1, -0.05) is 11.3 Å². The van der Waals surface area contributed by atoms with Gasteiger partial charge in [-0.05, 0) is 13.8 Å². The number of carbonyl (C=O) groups excluding carboxylic acids is 1. The highest BCUT2D eigenvalue weighted by Gasteiger charge is 2.12. The van der Waals surface area contributed by atoms with Crippen LogP contribution in [0, 0.1) is 13.8 Å². The highest BCUT2D eigenvalue weighted by molar-refractivity contribution is 7.17. The maximum Gasteiger partial charge on any atom is 0.252 e. The minimum Gasteiger partial charge on any atom is -0.382 e. The number of thiazole rings is 1. The first-order valence-corrected chi connectivity index (χ1v) is 6.62. The molecule has 2 aromatic rings. The summed E-state index contributed by atoms with van der Waals surface area (Å²) in [6.07, 6.45) is 0. The molecule has 0 aliphatic rings. The summed E-state index contributed by atoms with van der Waals surface area (Å²) in [6, 6.07) is 0. The van der Waals surface area contributed by atoms with Gasteiger partial charge in [0.05, 0.1) is 18.9 Å². The van der Waals surface area contributed by atoms with Crippen LogP contribution in [0.15, 0.2) is 0 Å². The molecule has 0 aliphatic heterocycles. The molecule has 104 valence electrons. The Morgan fingerprint density at radius 1 is 1.42 bits per heavy atom. The second-order valence-corrected chi connectivity index (χ2v) is 5.15. The zero-order valence-corrected chi connectivity index (χ0v) is 11.9. The van der Waals surface area contributed by atoms with Crippen LogP contribution in [0.25, 0.3) is 4.96 Å². The van der Waals surface area contributed by atoms with E-state index in [1.807, 2.05) is 13.8 Å². The fraction of sp³-hybridized carbons (Fsp3) is 0.545. The molecule has 0 fully saturated rings. The summed E-state index contributed by atoms with van der Waals surface area (Å²) in [5.41, 5.74) is 1.03. The van der Waals surface area contributed by atoms with Crippen LogP contribution in [0.3, 0.4) is 0 Å². The molecule has 0 spiro atoms. The van der Waals surface area contributed by atoms with E-state index in [2.05, 4.69) is 15.4 Å². The normalized spacial score (nSPS) is 11.1. The summed E-state index contributed by atoms with van der Waals surface area (Å²) in [7, 11) is 1.58. The van der Waals surface area contributed by atoms with Crippen molar-refractivity contribution in [1.82, 2.24) is 14.6 Å². The van der Waals surface area contributed by atoms with E-state index in [1.165, 1.54) is 0 Å². The number of methoxy groups -OCH3 is 1. The van der Waals surface area contributed by atoms with Crippen LogP contribution >= 0.6 is 11.3 Å². The molecule has 0 saturated carbocycles. The van der Waals surface area contributed by atoms with Crippen LogP contribution in [0.2, 0.25) is 0 Å². The Morgan fingerprint density at radius 3 is 2.89 bits per heavy atom. The van der Waals surface area contributed by atoms with Gasteiger partial charge in [0.15, 0.2) is 0 Å². The first-order valence-electron chi connectivity index (χ1n) is 5.81. The van der Waals surface area contributed by atoms with Crippen molar-refractivity contribution in [1.29, 1.82) is 0 Å². The molecule has 19 heavy (non-hydrogen) atoms. The molecule has 1 amide bonds. The predicted octanol–water partition coefficient (Wildman–Crippen LogP) is 1.01. The molecule has 0 aliphatic carbocycles. The second kappa shape index (κ2) is 6.09. The van der Waals surface area contributed by atoms with Crippen molar-refractivity contribution < 1.29 is 14.3 Å². The van der Waals surface area contributed by atoms with Crippen LogP contribution in [0.5, 0.6) is 0 Å². The van der Waals surface area contributed by atoms with Crippen molar-refractivity contribution >= 4 is 28.2 Å². The Morgan fingerprint density at radius 2 is 2.21 bits per heavy atom. The topological polar surface area (TPSA) is 77.8 Å². The lowest BCUT2D eigenvalue weighted by atomic mass is 10.4. The van der Waals surface area contributed by atoms with E-state index in [1.54, 1.807) is 23.0 Å². The van der Waals surface area contributed by atoms with E-state index in [9.17, 15) is 4.79 Å². The van der Waals surface area contributed by atoms with Crippen molar-refractivity contribution in [3.8, 4) is 0 Å². The van der Waals surface area contributed by atoms with Gasteiger partial charge < -0.3 is 9.47 Å². The number of aryl methyl sites for hydroxylation is 2. The maximum atomic E-state index is 11.6. The van der Waals surface area contributed by atoms with Gasteiger partial charge in [0, 0.05) is 12.0 Å². The number of amides is 1. The Kier molecular flexibility index (Phi) is 4.46. The summed E-state index contributed by atoms with van der Waals surface area (Å²) < 4.78 is 11.6. The third-order valence-electron chi connectivity index (χ3n) is 2.57. The Balaban J connectivity index is 1.92. The quantitative estimate of drug-likeness (QED) is 0.801. The number of ether oxygens (including phenoxy) is 2. The van der Waals surface area contributed by atoms with Gasteiger partial charge in [0.25, 0.3) is 11.9 Å². The number of carbonyl (C=O) groups is 1. The van der Waals surface area contributed by atoms with Crippen molar-refractivity contribution in [3.05, 3.63) is 10.6 Å². The molecule has 1 N–H and O–H groups in total. The molecule has 0 atom stereocenters. The Labute approximate surface area is 114 Å². The van der Waals surface area contributed by atoms with E-state index in [-0.39, 0.29) is 12.5 Å². The lowest BCUT2D eigenvalue weighted by Gasteiger charge is -2.02. The number of nitrogens with zero attached hydrogens (tertiary/aromatic N) is 3. The third-order valence-corrected chi connectivity index (χ3v) is 3.61. The van der Waals surface area contributed by atoms with Crippen molar-refractivity contribution in [2.75, 3.05) is 32.2 Å². The largest absolute Gasteiger partial charge is 0.382 e. The number of fused-ring (bicyclic) bond motifs is 1. The third kappa shape index (κ3) is 3.28. The minimum absolute atomic E-state index is 0.0335. The standard InChI is InChI=1S/C11H16N4O3S/c1-7-8(2)19-11-13-10(14-15(7)11)12-9(16)6-18-5-4-17-3/h4-6H2,1-3H3,(H,12,14,16). The number of hydrogen-bond donors (Lipinski definition) is 1. The van der Waals surface area contributed by atoms with Crippen LogP contribution in [0.4, 0.5) is 5.95 Å². The summed E-state index contributed by atoms with van der Waals surface area (Å²) >= 11 is 1.54. The highest BCUT2D eigenvalue weighted by atomic mass is 32.1. The maximum absolute atomic E-state index is 11.6. The van der Waals surface area contributed by atoms with Gasteiger partial charge in [-0.15, -0.1) is 5.10 Å². The molecule has 0 aromatic carbocycles. The van der Waals surface area contributed by atoms with Crippen LogP contribution in [-0.4, -0.2) is 47.4 Å². The molecule has 8 heteroatoms. The van der Waals surface area contributed by atoms with Crippen molar-refractivity contribution in [3.63, 3.8) is 0 Å². The van der Waals surface area contributed by atoms with Gasteiger partial charge >= 0.3 is 0 Å². The van der Waals surface area contributed by atoms with Crippen molar-refractivity contribution in [2.45, 2.75) is 13.8 Å². The molecule has 7 nitrogen and oxygen atoms in total. The minimum atomic E-state index is -0.274. The van der Waals surface area contributed by atoms with Crippen molar-refractivity contribution in [2.24, 2.45) is 0 Å². The van der Waals surface area contributed by atoms with Gasteiger partial charge in [-0.25, -0.2) is 4.52 Å². The summed E-state index contributed by atoms with van der Waals surface area (Å²) in [5, 5.41) is 6.82. The fourth-order valence-corrected chi connectivity index (χ4v) is 2.37. The van der Waals surface area contributed by atoms with Gasteiger partial charge in [0.1, 0.15) is 6.61 Å². The highest BCUT2D eigenvalue weighted by Crippen LogP contribution is 2.20. The number of nitrogens with one attached hydrogen (secondary N) is 1. The lowest BCUT2D eigenvalue weighted by Crippen LogP contribution is -2.20. The average Bonchev–Trinajstić information content (AvgIpc) is 2.86. The molecule has 0 bridgehead atoms. The van der Waals surface area contributed by atoms with E-state index in [0.29, 0.717) is 19.2 Å². The zero-order chi connectivity index (χ0) is 13.8. The Hall–Kier alpha value is -1.51. The van der Waals surface area contributed by atoms with Crippen LogP contribution in [-0.2, 0) is 14.3 Å². The second-order valence-electron chi connectivity index (χ2n) is 3.97. The molecule has 0 unspecified atom stereocenters. The van der Waals surface area contributed by atoms with E-state index >= 15 is 0 Å². The smallest absolute Gasteiger partial charge is 0.252 e. The average molecular weight is 284 g/mol. The summed E-state index contributed by atoms with van der Waals surface area (Å²) in [6.45, 7) is 4.79. The first-order chi connectivity index (χ1) is 9.11. The first kappa shape index (κ1) is 13.9. The van der Waals surface area contributed by atoms with Crippen LogP contribution in [0.1, 0.15) is 10.6 Å². The summed E-state index contributed by atoms with van der Waals surface area (Å²) in [5.74, 6) is 0.0263. The number of rotatable bonds is 6. The molecule has 2 heterocycles. The fourth-order valence-electron chi connectivity index (χ4n) is 1.46. The molecular formula is C11H16N4O3S. The van der Waals surface area contributed by atoms with E-state index in [0.717, 1.165) is 15.5 Å². The number of anilines is 1. The van der Waals surface area contributed by atoms with Gasteiger partial charge in [-0.3, -0.25) is 10.1 Å². The van der Waals surface area contributed by atoms with E-state index in [4.69, 9.17) is 9.47 Å². The SMILES string of the molecule is COCCOCC(=O)Nc1nc2sc(C)c(C)n2n1. The van der Waals surface area contributed by atoms with Crippen LogP contribution < -0.4 is 5.32 Å². The molecule has 0 saturated heterocycles. The zero-order valence-electron chi connectivity index (χ0n) is 11.1. The van der Waals surface area contributed by atoms with Gasteiger partial charge in [-0.2, -0.15) is 4.98 Å². The monoisotopic (exact) mass is 284 g/mol.